The molecule has 0 saturated heterocycles. The second kappa shape index (κ2) is 8.27. The first-order chi connectivity index (χ1) is 13.8. The second-order valence-corrected chi connectivity index (χ2v) is 6.69. The monoisotopic (exact) mass is 413 g/mol. The Bertz CT molecular complexity index is 1120. The summed E-state index contributed by atoms with van der Waals surface area (Å²) in [6.45, 7) is 3.45. The number of methoxy groups -OCH3 is 1. The zero-order chi connectivity index (χ0) is 21.1. The topological polar surface area (TPSA) is 131 Å². The molecule has 150 valence electrons. The number of hydrogen-bond donors (Lipinski definition) is 3. The molecular weight excluding hydrogens is 394 g/mol. The number of aromatic nitrogens is 3. The van der Waals surface area contributed by atoms with Gasteiger partial charge in [0.25, 0.3) is 5.91 Å². The van der Waals surface area contributed by atoms with Crippen LogP contribution >= 0.6 is 11.6 Å². The molecule has 0 aliphatic heterocycles. The molecule has 0 atom stereocenters. The van der Waals surface area contributed by atoms with E-state index < -0.39 is 5.91 Å². The molecule has 3 aromatic rings. The minimum absolute atomic E-state index is 0.0358. The van der Waals surface area contributed by atoms with E-state index in [1.54, 1.807) is 45.2 Å². The van der Waals surface area contributed by atoms with Crippen molar-refractivity contribution in [3.8, 4) is 5.75 Å². The number of carbonyl (C=O) groups is 1. The standard InChI is InChI=1S/C19H20ClN7O2/c1-10-16-17(20)14(19(28)25-12-4-6-13(29-3)7-5-12)8-23-18(16)27(26-10)9-15(22)24-11(2)21/h4-8H,9H2,1-3H3,(H,25,28)(H3,21,22,24). The van der Waals surface area contributed by atoms with Gasteiger partial charge in [-0.05, 0) is 38.1 Å². The van der Waals surface area contributed by atoms with Crippen LogP contribution in [0.2, 0.25) is 5.02 Å². The van der Waals surface area contributed by atoms with Crippen LogP contribution in [-0.2, 0) is 6.54 Å². The van der Waals surface area contributed by atoms with Crippen LogP contribution in [0.5, 0.6) is 5.75 Å². The molecule has 1 amide bonds. The van der Waals surface area contributed by atoms with Crippen molar-refractivity contribution < 1.29 is 9.53 Å². The Balaban J connectivity index is 1.91. The number of rotatable bonds is 5. The fourth-order valence-corrected chi connectivity index (χ4v) is 3.16. The van der Waals surface area contributed by atoms with Gasteiger partial charge in [0.15, 0.2) is 5.65 Å². The van der Waals surface area contributed by atoms with E-state index in [-0.39, 0.29) is 28.8 Å². The van der Waals surface area contributed by atoms with Crippen LogP contribution in [0.15, 0.2) is 35.5 Å². The number of amidine groups is 2. The molecule has 2 aromatic heterocycles. The van der Waals surface area contributed by atoms with Crippen molar-refractivity contribution in [1.29, 1.82) is 5.41 Å². The molecule has 0 bridgehead atoms. The summed E-state index contributed by atoms with van der Waals surface area (Å²) in [6, 6.07) is 6.94. The van der Waals surface area contributed by atoms with E-state index in [0.717, 1.165) is 0 Å². The van der Waals surface area contributed by atoms with Crippen LogP contribution in [0.3, 0.4) is 0 Å². The van der Waals surface area contributed by atoms with Gasteiger partial charge < -0.3 is 15.8 Å². The largest absolute Gasteiger partial charge is 0.497 e. The minimum atomic E-state index is -0.391. The van der Waals surface area contributed by atoms with Gasteiger partial charge in [0.1, 0.15) is 18.1 Å². The number of benzene rings is 1. The number of aryl methyl sites for hydroxylation is 1. The van der Waals surface area contributed by atoms with E-state index in [1.807, 2.05) is 0 Å². The Hall–Kier alpha value is -3.46. The molecule has 4 N–H and O–H groups in total. The first kappa shape index (κ1) is 20.3. The Labute approximate surface area is 172 Å². The van der Waals surface area contributed by atoms with Gasteiger partial charge in [0.2, 0.25) is 0 Å². The molecule has 2 heterocycles. The number of fused-ring (bicyclic) bond motifs is 1. The van der Waals surface area contributed by atoms with Crippen molar-refractivity contribution >= 4 is 45.9 Å². The van der Waals surface area contributed by atoms with Crippen molar-refractivity contribution in [3.05, 3.63) is 46.7 Å². The number of hydrogen-bond acceptors (Lipinski definition) is 5. The van der Waals surface area contributed by atoms with Gasteiger partial charge in [-0.25, -0.2) is 14.7 Å². The van der Waals surface area contributed by atoms with Crippen molar-refractivity contribution in [2.24, 2.45) is 10.7 Å². The molecular formula is C19H20ClN7O2. The van der Waals surface area contributed by atoms with Gasteiger partial charge in [-0.2, -0.15) is 5.10 Å². The maximum atomic E-state index is 12.7. The second-order valence-electron chi connectivity index (χ2n) is 6.31. The fourth-order valence-electron chi connectivity index (χ4n) is 2.81. The summed E-state index contributed by atoms with van der Waals surface area (Å²) in [4.78, 5) is 20.9. The number of carbonyl (C=O) groups excluding carboxylic acids is 1. The fraction of sp³-hybridized carbons (Fsp3) is 0.211. The van der Waals surface area contributed by atoms with Gasteiger partial charge in [-0.1, -0.05) is 11.6 Å². The highest BCUT2D eigenvalue weighted by atomic mass is 35.5. The summed E-state index contributed by atoms with van der Waals surface area (Å²) in [5, 5.41) is 15.9. The summed E-state index contributed by atoms with van der Waals surface area (Å²) in [5.41, 5.74) is 7.39. The minimum Gasteiger partial charge on any atom is -0.497 e. The summed E-state index contributed by atoms with van der Waals surface area (Å²) in [5.74, 6) is 0.616. The van der Waals surface area contributed by atoms with E-state index in [9.17, 15) is 4.79 Å². The number of ether oxygens (including phenoxy) is 1. The van der Waals surface area contributed by atoms with Gasteiger partial charge >= 0.3 is 0 Å². The lowest BCUT2D eigenvalue weighted by Crippen LogP contribution is -2.15. The zero-order valence-electron chi connectivity index (χ0n) is 16.2. The van der Waals surface area contributed by atoms with E-state index >= 15 is 0 Å². The zero-order valence-corrected chi connectivity index (χ0v) is 16.9. The molecule has 10 heteroatoms. The lowest BCUT2D eigenvalue weighted by Gasteiger charge is -2.08. The molecule has 9 nitrogen and oxygen atoms in total. The number of nitrogens with one attached hydrogen (secondary N) is 2. The number of nitrogens with zero attached hydrogens (tertiary/aromatic N) is 4. The lowest BCUT2D eigenvalue weighted by atomic mass is 10.2. The Morgan fingerprint density at radius 2 is 2.07 bits per heavy atom. The van der Waals surface area contributed by atoms with Gasteiger partial charge in [-0.15, -0.1) is 0 Å². The third kappa shape index (κ3) is 4.35. The number of aliphatic imine (C=N–C) groups is 1. The van der Waals surface area contributed by atoms with E-state index in [0.29, 0.717) is 28.2 Å². The predicted octanol–water partition coefficient (Wildman–Crippen LogP) is 3.01. The van der Waals surface area contributed by atoms with E-state index in [2.05, 4.69) is 20.4 Å². The highest BCUT2D eigenvalue weighted by molar-refractivity contribution is 6.39. The molecule has 0 saturated carbocycles. The third-order valence-electron chi connectivity index (χ3n) is 4.08. The first-order valence-corrected chi connectivity index (χ1v) is 9.03. The van der Waals surface area contributed by atoms with Gasteiger partial charge in [0.05, 0.1) is 34.6 Å². The molecule has 0 fully saturated rings. The highest BCUT2D eigenvalue weighted by Gasteiger charge is 2.20. The molecule has 3 rings (SSSR count). The van der Waals surface area contributed by atoms with Gasteiger partial charge in [0, 0.05) is 11.9 Å². The van der Waals surface area contributed by atoms with Gasteiger partial charge in [-0.3, -0.25) is 10.2 Å². The predicted molar refractivity (Wildman–Crippen MR) is 113 cm³/mol. The van der Waals surface area contributed by atoms with Crippen molar-refractivity contribution in [3.63, 3.8) is 0 Å². The van der Waals surface area contributed by atoms with Crippen LogP contribution in [0.4, 0.5) is 5.69 Å². The van der Waals surface area contributed by atoms with E-state index in [1.165, 1.54) is 10.9 Å². The Morgan fingerprint density at radius 1 is 1.38 bits per heavy atom. The maximum absolute atomic E-state index is 12.7. The molecule has 29 heavy (non-hydrogen) atoms. The molecule has 0 radical (unpaired) electrons. The molecule has 1 aromatic carbocycles. The molecule has 0 aliphatic carbocycles. The maximum Gasteiger partial charge on any atom is 0.258 e. The summed E-state index contributed by atoms with van der Waals surface area (Å²) < 4.78 is 6.62. The van der Waals surface area contributed by atoms with Crippen LogP contribution in [0, 0.1) is 12.3 Å². The average Bonchev–Trinajstić information content (AvgIpc) is 2.98. The number of nitrogens with two attached hydrogens (primary N) is 1. The van der Waals surface area contributed by atoms with Crippen LogP contribution in [0.25, 0.3) is 11.0 Å². The van der Waals surface area contributed by atoms with Crippen molar-refractivity contribution in [2.75, 3.05) is 12.4 Å². The smallest absolute Gasteiger partial charge is 0.258 e. The Kier molecular flexibility index (Phi) is 5.79. The van der Waals surface area contributed by atoms with Crippen LogP contribution in [-0.4, -0.2) is 39.5 Å². The summed E-state index contributed by atoms with van der Waals surface area (Å²) in [6.07, 6.45) is 1.39. The third-order valence-corrected chi connectivity index (χ3v) is 4.47. The summed E-state index contributed by atoms with van der Waals surface area (Å²) >= 11 is 6.51. The summed E-state index contributed by atoms with van der Waals surface area (Å²) in [7, 11) is 1.57. The quantitative estimate of drug-likeness (QED) is 0.437. The van der Waals surface area contributed by atoms with E-state index in [4.69, 9.17) is 27.5 Å². The van der Waals surface area contributed by atoms with Crippen LogP contribution < -0.4 is 15.8 Å². The van der Waals surface area contributed by atoms with Crippen molar-refractivity contribution in [2.45, 2.75) is 20.4 Å². The number of pyridine rings is 1. The molecule has 0 aliphatic rings. The van der Waals surface area contributed by atoms with Crippen LogP contribution in [0.1, 0.15) is 23.0 Å². The molecule has 0 unspecified atom stereocenters. The van der Waals surface area contributed by atoms with Crippen molar-refractivity contribution in [1.82, 2.24) is 14.8 Å². The number of anilines is 1. The molecule has 0 spiro atoms. The lowest BCUT2D eigenvalue weighted by molar-refractivity contribution is 0.102. The number of halogens is 1. The average molecular weight is 414 g/mol. The Morgan fingerprint density at radius 3 is 2.69 bits per heavy atom. The first-order valence-electron chi connectivity index (χ1n) is 8.65. The normalized spacial score (nSPS) is 11.5. The SMILES string of the molecule is COc1ccc(NC(=O)c2cnc3c(c(C)nn3CC(=N)N=C(C)N)c2Cl)cc1. The highest BCUT2D eigenvalue weighted by Crippen LogP contribution is 2.29. The number of amides is 1.